The van der Waals surface area contributed by atoms with Crippen LogP contribution in [0.5, 0.6) is 0 Å². The highest BCUT2D eigenvalue weighted by Gasteiger charge is 2.40. The molecule has 5 nitrogen and oxygen atoms in total. The van der Waals surface area contributed by atoms with Gasteiger partial charge < -0.3 is 0 Å². The number of H-pyrrole nitrogens is 1. The first-order valence-corrected chi connectivity index (χ1v) is 6.69. The summed E-state index contributed by atoms with van der Waals surface area (Å²) in [5, 5.41) is 6.08. The number of aromatic amines is 1. The summed E-state index contributed by atoms with van der Waals surface area (Å²) in [6.45, 7) is 0. The number of sulfonamides is 1. The first-order chi connectivity index (χ1) is 7.08. The Morgan fingerprint density at radius 3 is 2.73 bits per heavy atom. The van der Waals surface area contributed by atoms with Gasteiger partial charge in [-0.25, -0.2) is 13.1 Å². The van der Waals surface area contributed by atoms with Crippen LogP contribution in [0.25, 0.3) is 0 Å². The molecule has 0 bridgehead atoms. The van der Waals surface area contributed by atoms with Gasteiger partial charge in [-0.2, -0.15) is 5.10 Å². The standard InChI is InChI=1S/C8H12ClN3O2S/c9-6-8(2-1-3-8)12-15(13,14)7-4-10-11-5-7/h4-5,12H,1-3,6H2,(H,10,11). The molecule has 0 unspecified atom stereocenters. The van der Waals surface area contributed by atoms with Gasteiger partial charge in [0.15, 0.2) is 0 Å². The minimum absolute atomic E-state index is 0.152. The third-order valence-electron chi connectivity index (χ3n) is 2.70. The Morgan fingerprint density at radius 2 is 2.33 bits per heavy atom. The second-order valence-corrected chi connectivity index (χ2v) is 5.76. The van der Waals surface area contributed by atoms with E-state index in [1.165, 1.54) is 12.4 Å². The van der Waals surface area contributed by atoms with Gasteiger partial charge in [-0.05, 0) is 19.3 Å². The third-order valence-corrected chi connectivity index (χ3v) is 4.76. The molecule has 2 rings (SSSR count). The van der Waals surface area contributed by atoms with Crippen LogP contribution in [0.3, 0.4) is 0 Å². The smallest absolute Gasteiger partial charge is 0.244 e. The lowest BCUT2D eigenvalue weighted by molar-refractivity contribution is 0.252. The average Bonchev–Trinajstić information content (AvgIpc) is 2.64. The first-order valence-electron chi connectivity index (χ1n) is 4.67. The van der Waals surface area contributed by atoms with Gasteiger partial charge in [0.2, 0.25) is 10.0 Å². The van der Waals surface area contributed by atoms with Crippen LogP contribution >= 0.6 is 11.6 Å². The molecule has 84 valence electrons. The lowest BCUT2D eigenvalue weighted by Crippen LogP contribution is -2.54. The highest BCUT2D eigenvalue weighted by atomic mass is 35.5. The van der Waals surface area contributed by atoms with Gasteiger partial charge in [-0.15, -0.1) is 11.6 Å². The number of rotatable bonds is 4. The Morgan fingerprint density at radius 1 is 1.60 bits per heavy atom. The monoisotopic (exact) mass is 249 g/mol. The molecule has 2 N–H and O–H groups in total. The molecule has 0 atom stereocenters. The maximum absolute atomic E-state index is 11.8. The van der Waals surface area contributed by atoms with Crippen molar-refractivity contribution in [1.29, 1.82) is 0 Å². The van der Waals surface area contributed by atoms with Crippen molar-refractivity contribution in [2.75, 3.05) is 5.88 Å². The Bertz CT molecular complexity index is 419. The molecule has 0 aliphatic heterocycles. The third kappa shape index (κ3) is 2.02. The molecule has 1 heterocycles. The van der Waals surface area contributed by atoms with Gasteiger partial charge in [0, 0.05) is 17.6 Å². The minimum Gasteiger partial charge on any atom is -0.284 e. The van der Waals surface area contributed by atoms with Gasteiger partial charge >= 0.3 is 0 Å². The molecule has 0 radical (unpaired) electrons. The number of hydrogen-bond donors (Lipinski definition) is 2. The number of aromatic nitrogens is 2. The van der Waals surface area contributed by atoms with E-state index in [4.69, 9.17) is 11.6 Å². The average molecular weight is 250 g/mol. The number of hydrogen-bond acceptors (Lipinski definition) is 3. The molecule has 1 aromatic heterocycles. The van der Waals surface area contributed by atoms with Crippen LogP contribution in [0.4, 0.5) is 0 Å². The fourth-order valence-electron chi connectivity index (χ4n) is 1.60. The van der Waals surface area contributed by atoms with Crippen molar-refractivity contribution in [2.45, 2.75) is 29.7 Å². The first kappa shape index (κ1) is 10.9. The van der Waals surface area contributed by atoms with Crippen molar-refractivity contribution in [3.05, 3.63) is 12.4 Å². The number of halogens is 1. The highest BCUT2D eigenvalue weighted by molar-refractivity contribution is 7.89. The molecular formula is C8H12ClN3O2S. The molecule has 1 aliphatic carbocycles. The summed E-state index contributed by atoms with van der Waals surface area (Å²) in [6.07, 6.45) is 5.24. The van der Waals surface area contributed by atoms with Crippen molar-refractivity contribution >= 4 is 21.6 Å². The predicted molar refractivity (Wildman–Crippen MR) is 56.2 cm³/mol. The lowest BCUT2D eigenvalue weighted by atomic mass is 9.79. The molecule has 1 fully saturated rings. The van der Waals surface area contributed by atoms with Crippen molar-refractivity contribution in [1.82, 2.24) is 14.9 Å². The summed E-state index contributed by atoms with van der Waals surface area (Å²) in [4.78, 5) is 0.152. The largest absolute Gasteiger partial charge is 0.284 e. The van der Waals surface area contributed by atoms with E-state index in [0.717, 1.165) is 19.3 Å². The van der Waals surface area contributed by atoms with E-state index >= 15 is 0 Å². The van der Waals surface area contributed by atoms with Gasteiger partial charge in [0.25, 0.3) is 0 Å². The summed E-state index contributed by atoms with van der Waals surface area (Å²) in [5.41, 5.74) is -0.447. The van der Waals surface area contributed by atoms with Crippen molar-refractivity contribution < 1.29 is 8.42 Å². The molecule has 7 heteroatoms. The van der Waals surface area contributed by atoms with E-state index in [2.05, 4.69) is 14.9 Å². The molecule has 0 aromatic carbocycles. The van der Waals surface area contributed by atoms with E-state index in [9.17, 15) is 8.42 Å². The van der Waals surface area contributed by atoms with Gasteiger partial charge in [-0.1, -0.05) is 0 Å². The Labute approximate surface area is 93.3 Å². The maximum Gasteiger partial charge on any atom is 0.244 e. The Hall–Kier alpha value is -0.590. The molecule has 0 amide bonds. The SMILES string of the molecule is O=S(=O)(NC1(CCl)CCC1)c1cn[nH]c1. The second-order valence-electron chi connectivity index (χ2n) is 3.81. The Balaban J connectivity index is 2.18. The summed E-state index contributed by atoms with van der Waals surface area (Å²) >= 11 is 5.78. The maximum atomic E-state index is 11.8. The number of alkyl halides is 1. The zero-order chi connectivity index (χ0) is 10.9. The highest BCUT2D eigenvalue weighted by Crippen LogP contribution is 2.34. The van der Waals surface area contributed by atoms with Crippen LogP contribution in [0.1, 0.15) is 19.3 Å². The topological polar surface area (TPSA) is 74.8 Å². The minimum atomic E-state index is -3.48. The molecule has 0 spiro atoms. The van der Waals surface area contributed by atoms with E-state index in [1.54, 1.807) is 0 Å². The van der Waals surface area contributed by atoms with Crippen LogP contribution in [-0.2, 0) is 10.0 Å². The normalized spacial score (nSPS) is 19.8. The van der Waals surface area contributed by atoms with Crippen LogP contribution in [0, 0.1) is 0 Å². The van der Waals surface area contributed by atoms with Crippen molar-refractivity contribution in [3.8, 4) is 0 Å². The van der Waals surface area contributed by atoms with Crippen LogP contribution in [0.15, 0.2) is 17.3 Å². The molecule has 0 saturated heterocycles. The van der Waals surface area contributed by atoms with Crippen LogP contribution in [0.2, 0.25) is 0 Å². The summed E-state index contributed by atoms with van der Waals surface area (Å²) in [5.74, 6) is 0.310. The zero-order valence-corrected chi connectivity index (χ0v) is 9.61. The molecule has 15 heavy (non-hydrogen) atoms. The van der Waals surface area contributed by atoms with E-state index in [0.29, 0.717) is 5.88 Å². The molecule has 1 saturated carbocycles. The van der Waals surface area contributed by atoms with E-state index < -0.39 is 15.6 Å². The van der Waals surface area contributed by atoms with Crippen molar-refractivity contribution in [2.24, 2.45) is 0 Å². The molecule has 1 aliphatic rings. The van der Waals surface area contributed by atoms with Crippen molar-refractivity contribution in [3.63, 3.8) is 0 Å². The number of nitrogens with zero attached hydrogens (tertiary/aromatic N) is 1. The molecular weight excluding hydrogens is 238 g/mol. The van der Waals surface area contributed by atoms with Crippen LogP contribution in [-0.4, -0.2) is 30.0 Å². The summed E-state index contributed by atoms with van der Waals surface area (Å²) < 4.78 is 26.3. The van der Waals surface area contributed by atoms with Gasteiger partial charge in [0.05, 0.1) is 6.20 Å². The predicted octanol–water partition coefficient (Wildman–Crippen LogP) is 0.849. The van der Waals surface area contributed by atoms with Gasteiger partial charge in [0.1, 0.15) is 4.90 Å². The van der Waals surface area contributed by atoms with Crippen LogP contribution < -0.4 is 4.72 Å². The Kier molecular flexibility index (Phi) is 2.74. The zero-order valence-electron chi connectivity index (χ0n) is 8.03. The quantitative estimate of drug-likeness (QED) is 0.777. The van der Waals surface area contributed by atoms with Gasteiger partial charge in [-0.3, -0.25) is 5.10 Å². The second kappa shape index (κ2) is 3.77. The lowest BCUT2D eigenvalue weighted by Gasteiger charge is -2.40. The number of nitrogens with one attached hydrogen (secondary N) is 2. The van der Waals surface area contributed by atoms with E-state index in [-0.39, 0.29) is 4.90 Å². The summed E-state index contributed by atoms with van der Waals surface area (Å²) in [7, 11) is -3.48. The summed E-state index contributed by atoms with van der Waals surface area (Å²) in [6, 6.07) is 0. The molecule has 1 aromatic rings. The fraction of sp³-hybridized carbons (Fsp3) is 0.625. The fourth-order valence-corrected chi connectivity index (χ4v) is 3.37. The van der Waals surface area contributed by atoms with E-state index in [1.807, 2.05) is 0 Å².